The molecule has 2 aromatic rings. The van der Waals surface area contributed by atoms with E-state index < -0.39 is 6.04 Å². The fraction of sp³-hybridized carbons (Fsp3) is 0.440. The molecule has 168 valence electrons. The molecular weight excluding hydrogens is 456 g/mol. The fourth-order valence-corrected chi connectivity index (χ4v) is 3.42. The third-order valence-corrected chi connectivity index (χ3v) is 5.35. The van der Waals surface area contributed by atoms with E-state index in [9.17, 15) is 9.59 Å². The van der Waals surface area contributed by atoms with E-state index in [1.54, 1.807) is 11.8 Å². The van der Waals surface area contributed by atoms with E-state index in [0.29, 0.717) is 12.3 Å². The molecule has 6 heteroatoms. The van der Waals surface area contributed by atoms with Crippen molar-refractivity contribution in [2.24, 2.45) is 0 Å². The van der Waals surface area contributed by atoms with Crippen molar-refractivity contribution in [3.8, 4) is 5.75 Å². The first-order chi connectivity index (χ1) is 14.5. The summed E-state index contributed by atoms with van der Waals surface area (Å²) in [5, 5.41) is 2.97. The topological polar surface area (TPSA) is 58.6 Å². The third kappa shape index (κ3) is 7.69. The van der Waals surface area contributed by atoms with Crippen LogP contribution in [0.1, 0.15) is 58.6 Å². The highest BCUT2D eigenvalue weighted by atomic mass is 79.9. The van der Waals surface area contributed by atoms with Crippen molar-refractivity contribution in [2.45, 2.75) is 65.6 Å². The van der Waals surface area contributed by atoms with Gasteiger partial charge in [-0.1, -0.05) is 60.1 Å². The zero-order valence-electron chi connectivity index (χ0n) is 19.2. The predicted octanol–water partition coefficient (Wildman–Crippen LogP) is 5.28. The van der Waals surface area contributed by atoms with Crippen LogP contribution in [0.3, 0.4) is 0 Å². The number of benzene rings is 2. The van der Waals surface area contributed by atoms with Gasteiger partial charge in [0.2, 0.25) is 5.91 Å². The average molecular weight is 489 g/mol. The number of halogens is 1. The van der Waals surface area contributed by atoms with Crippen molar-refractivity contribution in [2.75, 3.05) is 6.61 Å². The highest BCUT2D eigenvalue weighted by Crippen LogP contribution is 2.26. The van der Waals surface area contributed by atoms with Crippen LogP contribution in [-0.4, -0.2) is 34.9 Å². The number of para-hydroxylation sites is 1. The van der Waals surface area contributed by atoms with Crippen LogP contribution in [0.2, 0.25) is 0 Å². The minimum Gasteiger partial charge on any atom is -0.483 e. The van der Waals surface area contributed by atoms with Crippen molar-refractivity contribution in [1.82, 2.24) is 10.2 Å². The van der Waals surface area contributed by atoms with Gasteiger partial charge in [0.25, 0.3) is 5.91 Å². The van der Waals surface area contributed by atoms with Crippen LogP contribution in [0, 0.1) is 0 Å². The molecule has 1 N–H and O–H groups in total. The lowest BCUT2D eigenvalue weighted by molar-refractivity contribution is -0.142. The molecule has 0 spiro atoms. The van der Waals surface area contributed by atoms with Crippen molar-refractivity contribution in [1.29, 1.82) is 0 Å². The second-order valence-electron chi connectivity index (χ2n) is 9.04. The number of carbonyl (C=O) groups excluding carboxylic acids is 2. The van der Waals surface area contributed by atoms with E-state index in [2.05, 4.69) is 35.1 Å². The second kappa shape index (κ2) is 10.8. The molecule has 0 aliphatic heterocycles. The lowest BCUT2D eigenvalue weighted by Crippen LogP contribution is -2.53. The zero-order valence-corrected chi connectivity index (χ0v) is 20.8. The van der Waals surface area contributed by atoms with E-state index >= 15 is 0 Å². The molecule has 0 heterocycles. The van der Waals surface area contributed by atoms with Gasteiger partial charge in [-0.15, -0.1) is 0 Å². The largest absolute Gasteiger partial charge is 0.483 e. The van der Waals surface area contributed by atoms with Gasteiger partial charge in [0.15, 0.2) is 6.61 Å². The molecule has 0 saturated heterocycles. The van der Waals surface area contributed by atoms with Crippen molar-refractivity contribution >= 4 is 27.7 Å². The maximum atomic E-state index is 13.2. The minimum absolute atomic E-state index is 0.132. The van der Waals surface area contributed by atoms with Gasteiger partial charge in [-0.05, 0) is 62.9 Å². The summed E-state index contributed by atoms with van der Waals surface area (Å²) in [5.74, 6) is 0.543. The van der Waals surface area contributed by atoms with Crippen molar-refractivity contribution < 1.29 is 14.3 Å². The van der Waals surface area contributed by atoms with E-state index in [0.717, 1.165) is 15.6 Å². The van der Waals surface area contributed by atoms with Gasteiger partial charge in [-0.3, -0.25) is 9.59 Å². The summed E-state index contributed by atoms with van der Waals surface area (Å²) in [7, 11) is 0. The summed E-state index contributed by atoms with van der Waals surface area (Å²) in [6.45, 7) is 11.9. The quantitative estimate of drug-likeness (QED) is 0.549. The highest BCUT2D eigenvalue weighted by molar-refractivity contribution is 9.10. The maximum Gasteiger partial charge on any atom is 0.261 e. The van der Waals surface area contributed by atoms with Crippen molar-refractivity contribution in [3.05, 3.63) is 64.1 Å². The molecule has 0 fully saturated rings. The zero-order chi connectivity index (χ0) is 23.2. The van der Waals surface area contributed by atoms with Crippen LogP contribution in [0.15, 0.2) is 53.0 Å². The Morgan fingerprint density at radius 2 is 1.65 bits per heavy atom. The normalized spacial score (nSPS) is 12.4. The van der Waals surface area contributed by atoms with Gasteiger partial charge >= 0.3 is 0 Å². The molecule has 0 bridgehead atoms. The molecule has 5 nitrogen and oxygen atoms in total. The average Bonchev–Trinajstić information content (AvgIpc) is 2.70. The molecular formula is C25H33BrN2O3. The Bertz CT molecular complexity index is 888. The standard InChI is InChI=1S/C25H33BrN2O3/c1-17(2)21-9-7-8-10-22(21)31-16-23(29)28(15-19-11-13-20(26)14-12-19)18(3)24(30)27-25(4,5)6/h7-14,17-18H,15-16H2,1-6H3,(H,27,30)/t18-/m0/s1. The SMILES string of the molecule is CC(C)c1ccccc1OCC(=O)N(Cc1ccc(Br)cc1)[C@@H](C)C(=O)NC(C)(C)C. The third-order valence-electron chi connectivity index (χ3n) is 4.82. The minimum atomic E-state index is -0.640. The Morgan fingerprint density at radius 1 is 1.03 bits per heavy atom. The van der Waals surface area contributed by atoms with E-state index in [-0.39, 0.29) is 29.9 Å². The first kappa shape index (κ1) is 24.9. The Labute approximate surface area is 194 Å². The molecule has 0 aliphatic rings. The summed E-state index contributed by atoms with van der Waals surface area (Å²) >= 11 is 3.43. The molecule has 0 radical (unpaired) electrons. The lowest BCUT2D eigenvalue weighted by atomic mass is 10.0. The Balaban J connectivity index is 2.21. The number of hydrogen-bond donors (Lipinski definition) is 1. The number of amides is 2. The number of rotatable bonds is 8. The smallest absolute Gasteiger partial charge is 0.261 e. The Morgan fingerprint density at radius 3 is 2.23 bits per heavy atom. The summed E-state index contributed by atoms with van der Waals surface area (Å²) in [4.78, 5) is 27.6. The Hall–Kier alpha value is -2.34. The number of nitrogens with one attached hydrogen (secondary N) is 1. The molecule has 0 aliphatic carbocycles. The molecule has 0 aromatic heterocycles. The molecule has 2 aromatic carbocycles. The van der Waals surface area contributed by atoms with Gasteiger partial charge in [0, 0.05) is 16.6 Å². The van der Waals surface area contributed by atoms with Crippen LogP contribution >= 0.6 is 15.9 Å². The van der Waals surface area contributed by atoms with Gasteiger partial charge in [0.1, 0.15) is 11.8 Å². The van der Waals surface area contributed by atoms with Crippen LogP contribution in [0.5, 0.6) is 5.75 Å². The predicted molar refractivity (Wildman–Crippen MR) is 128 cm³/mol. The Kier molecular flexibility index (Phi) is 8.69. The van der Waals surface area contributed by atoms with Gasteiger partial charge in [-0.25, -0.2) is 0 Å². The molecule has 0 unspecified atom stereocenters. The summed E-state index contributed by atoms with van der Waals surface area (Å²) < 4.78 is 6.86. The summed E-state index contributed by atoms with van der Waals surface area (Å²) in [6, 6.07) is 14.8. The molecule has 31 heavy (non-hydrogen) atoms. The van der Waals surface area contributed by atoms with Crippen LogP contribution < -0.4 is 10.1 Å². The van der Waals surface area contributed by atoms with Crippen LogP contribution in [0.25, 0.3) is 0 Å². The number of carbonyl (C=O) groups is 2. The molecule has 2 amide bonds. The first-order valence-electron chi connectivity index (χ1n) is 10.6. The maximum absolute atomic E-state index is 13.2. The number of ether oxygens (including phenoxy) is 1. The van der Waals surface area contributed by atoms with E-state index in [1.165, 1.54) is 0 Å². The van der Waals surface area contributed by atoms with Gasteiger partial charge in [-0.2, -0.15) is 0 Å². The first-order valence-corrected chi connectivity index (χ1v) is 11.3. The van der Waals surface area contributed by atoms with Gasteiger partial charge < -0.3 is 15.0 Å². The summed E-state index contributed by atoms with van der Waals surface area (Å²) in [6.07, 6.45) is 0. The molecule has 2 rings (SSSR count). The highest BCUT2D eigenvalue weighted by Gasteiger charge is 2.28. The van der Waals surface area contributed by atoms with E-state index in [4.69, 9.17) is 4.74 Å². The van der Waals surface area contributed by atoms with E-state index in [1.807, 2.05) is 69.3 Å². The van der Waals surface area contributed by atoms with Crippen molar-refractivity contribution in [3.63, 3.8) is 0 Å². The summed E-state index contributed by atoms with van der Waals surface area (Å²) in [5.41, 5.74) is 1.60. The monoisotopic (exact) mass is 488 g/mol. The fourth-order valence-electron chi connectivity index (χ4n) is 3.15. The lowest BCUT2D eigenvalue weighted by Gasteiger charge is -2.31. The van der Waals surface area contributed by atoms with Crippen LogP contribution in [0.4, 0.5) is 0 Å². The molecule has 1 atom stereocenters. The molecule has 0 saturated carbocycles. The van der Waals surface area contributed by atoms with Gasteiger partial charge in [0.05, 0.1) is 0 Å². The second-order valence-corrected chi connectivity index (χ2v) is 9.96. The number of nitrogens with zero attached hydrogens (tertiary/aromatic N) is 1. The number of hydrogen-bond acceptors (Lipinski definition) is 3. The van der Waals surface area contributed by atoms with Crippen LogP contribution in [-0.2, 0) is 16.1 Å².